The Morgan fingerprint density at radius 3 is 3.13 bits per heavy atom. The Labute approximate surface area is 137 Å². The van der Waals surface area contributed by atoms with Crippen LogP contribution in [-0.4, -0.2) is 37.9 Å². The zero-order valence-corrected chi connectivity index (χ0v) is 13.4. The van der Waals surface area contributed by atoms with Crippen LogP contribution >= 0.6 is 11.3 Å². The molecule has 2 heterocycles. The maximum absolute atomic E-state index is 12.0. The maximum atomic E-state index is 12.0. The first-order valence-electron chi connectivity index (χ1n) is 7.15. The Bertz CT molecular complexity index is 689. The van der Waals surface area contributed by atoms with Crippen LogP contribution in [0.4, 0.5) is 10.8 Å². The molecule has 0 saturated heterocycles. The number of amides is 1. The molecule has 0 unspecified atom stereocenters. The Morgan fingerprint density at radius 2 is 2.26 bits per heavy atom. The highest BCUT2D eigenvalue weighted by molar-refractivity contribution is 7.14. The number of fused-ring (bicyclic) bond motifs is 1. The Kier molecular flexibility index (Phi) is 4.94. The molecule has 0 spiro atoms. The lowest BCUT2D eigenvalue weighted by atomic mass is 10.3. The van der Waals surface area contributed by atoms with Crippen molar-refractivity contribution < 1.29 is 19.0 Å². The first-order chi connectivity index (χ1) is 11.3. The van der Waals surface area contributed by atoms with Gasteiger partial charge in [-0.3, -0.25) is 4.79 Å². The molecule has 2 aromatic rings. The van der Waals surface area contributed by atoms with E-state index in [9.17, 15) is 4.79 Å². The van der Waals surface area contributed by atoms with E-state index in [1.807, 2.05) is 18.2 Å². The lowest BCUT2D eigenvalue weighted by molar-refractivity contribution is 0.0944. The molecule has 0 atom stereocenters. The number of carbonyl (C=O) groups is 1. The third kappa shape index (κ3) is 3.91. The molecule has 1 aromatic heterocycles. The Hall–Kier alpha value is -2.32. The smallest absolute Gasteiger partial charge is 0.270 e. The van der Waals surface area contributed by atoms with Crippen LogP contribution in [0.3, 0.4) is 0 Å². The fraction of sp³-hybridized carbons (Fsp3) is 0.333. The van der Waals surface area contributed by atoms with Crippen LogP contribution in [0.25, 0.3) is 0 Å². The highest BCUT2D eigenvalue weighted by Crippen LogP contribution is 2.35. The molecule has 1 amide bonds. The second kappa shape index (κ2) is 7.30. The summed E-state index contributed by atoms with van der Waals surface area (Å²) in [4.78, 5) is 16.2. The van der Waals surface area contributed by atoms with E-state index in [1.54, 1.807) is 12.5 Å². The summed E-state index contributed by atoms with van der Waals surface area (Å²) in [6.45, 7) is 1.42. The molecule has 0 aliphatic carbocycles. The first-order valence-corrected chi connectivity index (χ1v) is 8.03. The van der Waals surface area contributed by atoms with Crippen molar-refractivity contribution in [2.45, 2.75) is 6.42 Å². The van der Waals surface area contributed by atoms with Gasteiger partial charge in [-0.2, -0.15) is 0 Å². The van der Waals surface area contributed by atoms with Gasteiger partial charge in [0.2, 0.25) is 6.79 Å². The number of hydrogen-bond donors (Lipinski definition) is 2. The van der Waals surface area contributed by atoms with Gasteiger partial charge in [-0.1, -0.05) is 0 Å². The number of methoxy groups -OCH3 is 1. The standard InChI is InChI=1S/C15H17N3O4S/c1-20-6-2-5-16-14(19)11-8-23-15(18-11)17-10-3-4-12-13(7-10)22-9-21-12/h3-4,7-8H,2,5-6,9H2,1H3,(H,16,19)(H,17,18). The highest BCUT2D eigenvalue weighted by atomic mass is 32.1. The van der Waals surface area contributed by atoms with Crippen molar-refractivity contribution in [3.63, 3.8) is 0 Å². The van der Waals surface area contributed by atoms with Crippen LogP contribution < -0.4 is 20.1 Å². The molecule has 1 aliphatic heterocycles. The van der Waals surface area contributed by atoms with Gasteiger partial charge in [-0.15, -0.1) is 11.3 Å². The summed E-state index contributed by atoms with van der Waals surface area (Å²) in [5.41, 5.74) is 1.23. The molecule has 7 nitrogen and oxygen atoms in total. The number of ether oxygens (including phenoxy) is 3. The number of carbonyl (C=O) groups excluding carboxylic acids is 1. The second-order valence-corrected chi connectivity index (χ2v) is 5.69. The molecule has 0 radical (unpaired) electrons. The third-order valence-corrected chi connectivity index (χ3v) is 3.93. The van der Waals surface area contributed by atoms with Crippen LogP contribution in [0.15, 0.2) is 23.6 Å². The lowest BCUT2D eigenvalue weighted by Gasteiger charge is -2.04. The number of rotatable bonds is 7. The minimum Gasteiger partial charge on any atom is -0.454 e. The molecule has 122 valence electrons. The number of benzene rings is 1. The zero-order valence-electron chi connectivity index (χ0n) is 12.6. The van der Waals surface area contributed by atoms with Gasteiger partial charge >= 0.3 is 0 Å². The van der Waals surface area contributed by atoms with Crippen molar-refractivity contribution in [3.05, 3.63) is 29.3 Å². The SMILES string of the molecule is COCCCNC(=O)c1csc(Nc2ccc3c(c2)OCO3)n1. The lowest BCUT2D eigenvalue weighted by Crippen LogP contribution is -2.25. The molecular weight excluding hydrogens is 318 g/mol. The Balaban J connectivity index is 1.57. The van der Waals surface area contributed by atoms with Gasteiger partial charge in [0.1, 0.15) is 5.69 Å². The van der Waals surface area contributed by atoms with Crippen LogP contribution in [0, 0.1) is 0 Å². The first kappa shape index (κ1) is 15.6. The van der Waals surface area contributed by atoms with Gasteiger partial charge in [0.05, 0.1) is 0 Å². The van der Waals surface area contributed by atoms with Crippen LogP contribution in [-0.2, 0) is 4.74 Å². The zero-order chi connectivity index (χ0) is 16.1. The van der Waals surface area contributed by atoms with Crippen molar-refractivity contribution >= 4 is 28.1 Å². The molecule has 3 rings (SSSR count). The molecule has 2 N–H and O–H groups in total. The summed E-state index contributed by atoms with van der Waals surface area (Å²) in [6, 6.07) is 5.55. The number of anilines is 2. The van der Waals surface area contributed by atoms with Gasteiger partial charge in [0.25, 0.3) is 5.91 Å². The summed E-state index contributed by atoms with van der Waals surface area (Å²) >= 11 is 1.37. The Morgan fingerprint density at radius 1 is 1.39 bits per heavy atom. The van der Waals surface area contributed by atoms with Gasteiger partial charge in [0.15, 0.2) is 16.6 Å². The van der Waals surface area contributed by atoms with Crippen LogP contribution in [0.1, 0.15) is 16.9 Å². The summed E-state index contributed by atoms with van der Waals surface area (Å²) < 4.78 is 15.5. The maximum Gasteiger partial charge on any atom is 0.270 e. The summed E-state index contributed by atoms with van der Waals surface area (Å²) in [7, 11) is 1.64. The van der Waals surface area contributed by atoms with Crippen molar-refractivity contribution in [2.24, 2.45) is 0 Å². The average Bonchev–Trinajstić information content (AvgIpc) is 3.20. The normalized spacial score (nSPS) is 12.2. The molecule has 8 heteroatoms. The molecule has 0 saturated carbocycles. The molecule has 0 fully saturated rings. The summed E-state index contributed by atoms with van der Waals surface area (Å²) in [5.74, 6) is 1.24. The van der Waals surface area contributed by atoms with E-state index < -0.39 is 0 Å². The third-order valence-electron chi connectivity index (χ3n) is 3.17. The topological polar surface area (TPSA) is 81.7 Å². The van der Waals surface area contributed by atoms with Gasteiger partial charge in [-0.25, -0.2) is 4.98 Å². The fourth-order valence-electron chi connectivity index (χ4n) is 2.04. The van der Waals surface area contributed by atoms with Gasteiger partial charge < -0.3 is 24.8 Å². The molecule has 0 bridgehead atoms. The molecule has 1 aromatic carbocycles. The minimum absolute atomic E-state index is 0.184. The van der Waals surface area contributed by atoms with Crippen molar-refractivity contribution in [3.8, 4) is 11.5 Å². The van der Waals surface area contributed by atoms with E-state index in [0.29, 0.717) is 29.7 Å². The predicted molar refractivity (Wildman–Crippen MR) is 86.8 cm³/mol. The second-order valence-electron chi connectivity index (χ2n) is 4.83. The number of hydrogen-bond acceptors (Lipinski definition) is 7. The van der Waals surface area contributed by atoms with Crippen molar-refractivity contribution in [2.75, 3.05) is 32.4 Å². The van der Waals surface area contributed by atoms with Crippen molar-refractivity contribution in [1.82, 2.24) is 10.3 Å². The van der Waals surface area contributed by atoms with E-state index in [2.05, 4.69) is 15.6 Å². The molecular formula is C15H17N3O4S. The largest absolute Gasteiger partial charge is 0.454 e. The van der Waals surface area contributed by atoms with Gasteiger partial charge in [-0.05, 0) is 18.6 Å². The van der Waals surface area contributed by atoms with Crippen molar-refractivity contribution in [1.29, 1.82) is 0 Å². The van der Waals surface area contributed by atoms with Crippen LogP contribution in [0.5, 0.6) is 11.5 Å². The van der Waals surface area contributed by atoms with E-state index in [-0.39, 0.29) is 12.7 Å². The van der Waals surface area contributed by atoms with Crippen LogP contribution in [0.2, 0.25) is 0 Å². The number of thiazole rings is 1. The van der Waals surface area contributed by atoms with E-state index in [1.165, 1.54) is 11.3 Å². The van der Waals surface area contributed by atoms with Gasteiger partial charge in [0, 0.05) is 37.4 Å². The number of nitrogens with zero attached hydrogens (tertiary/aromatic N) is 1. The van der Waals surface area contributed by atoms with E-state index in [0.717, 1.165) is 17.9 Å². The molecule has 23 heavy (non-hydrogen) atoms. The monoisotopic (exact) mass is 335 g/mol. The minimum atomic E-state index is -0.184. The molecule has 1 aliphatic rings. The predicted octanol–water partition coefficient (Wildman–Crippen LogP) is 2.38. The quantitative estimate of drug-likeness (QED) is 0.756. The summed E-state index contributed by atoms with van der Waals surface area (Å²) in [5, 5.41) is 8.33. The fourth-order valence-corrected chi connectivity index (χ4v) is 2.75. The summed E-state index contributed by atoms with van der Waals surface area (Å²) in [6.07, 6.45) is 0.773. The van der Waals surface area contributed by atoms with E-state index >= 15 is 0 Å². The average molecular weight is 335 g/mol. The number of aromatic nitrogens is 1. The van der Waals surface area contributed by atoms with E-state index in [4.69, 9.17) is 14.2 Å². The number of nitrogens with one attached hydrogen (secondary N) is 2. The highest BCUT2D eigenvalue weighted by Gasteiger charge is 2.14.